The first kappa shape index (κ1) is 14.5. The molecule has 2 aromatic carbocycles. The van der Waals surface area contributed by atoms with E-state index in [0.29, 0.717) is 17.1 Å². The molecule has 0 radical (unpaired) electrons. The van der Waals surface area contributed by atoms with Crippen LogP contribution in [0.15, 0.2) is 51.7 Å². The molecule has 1 aliphatic heterocycles. The van der Waals surface area contributed by atoms with Crippen LogP contribution in [0.25, 0.3) is 22.1 Å². The highest BCUT2D eigenvalue weighted by molar-refractivity contribution is 6.00. The van der Waals surface area contributed by atoms with Crippen LogP contribution in [0.3, 0.4) is 0 Å². The number of benzene rings is 2. The largest absolute Gasteiger partial charge is 0.488 e. The van der Waals surface area contributed by atoms with Crippen LogP contribution in [0.2, 0.25) is 0 Å². The van der Waals surface area contributed by atoms with Crippen molar-refractivity contribution in [1.29, 1.82) is 0 Å². The lowest BCUT2D eigenvalue weighted by atomic mass is 9.96. The molecule has 0 unspecified atom stereocenters. The number of rotatable bonds is 2. The first-order chi connectivity index (χ1) is 11.7. The number of fused-ring (bicyclic) bond motifs is 5. The fourth-order valence-corrected chi connectivity index (χ4v) is 2.94. The number of carbonyl (C=O) groups is 1. The molecule has 2 heterocycles. The molecule has 0 bridgehead atoms. The first-order valence-electron chi connectivity index (χ1n) is 7.68. The van der Waals surface area contributed by atoms with E-state index in [4.69, 9.17) is 13.9 Å². The highest BCUT2D eigenvalue weighted by atomic mass is 16.5. The van der Waals surface area contributed by atoms with Gasteiger partial charge in [0.25, 0.3) is 0 Å². The molecule has 3 aromatic rings. The molecule has 1 aliphatic rings. The Morgan fingerprint density at radius 1 is 1.21 bits per heavy atom. The highest BCUT2D eigenvalue weighted by Gasteiger charge is 2.26. The van der Waals surface area contributed by atoms with Crippen LogP contribution in [0, 0.1) is 0 Å². The Hall–Kier alpha value is -3.08. The molecular formula is C19H14O5. The van der Waals surface area contributed by atoms with E-state index >= 15 is 0 Å². The van der Waals surface area contributed by atoms with E-state index in [0.717, 1.165) is 16.3 Å². The van der Waals surface area contributed by atoms with E-state index in [-0.39, 0.29) is 18.8 Å². The van der Waals surface area contributed by atoms with Crippen molar-refractivity contribution in [3.05, 3.63) is 64.0 Å². The van der Waals surface area contributed by atoms with Crippen molar-refractivity contribution in [2.24, 2.45) is 0 Å². The molecule has 5 nitrogen and oxygen atoms in total. The molecule has 0 saturated heterocycles. The highest BCUT2D eigenvalue weighted by Crippen LogP contribution is 2.41. The Balaban J connectivity index is 1.96. The Morgan fingerprint density at radius 2 is 2.04 bits per heavy atom. The molecule has 5 heteroatoms. The Morgan fingerprint density at radius 3 is 2.88 bits per heavy atom. The van der Waals surface area contributed by atoms with Gasteiger partial charge in [0, 0.05) is 5.56 Å². The van der Waals surface area contributed by atoms with Crippen LogP contribution in [-0.4, -0.2) is 12.6 Å². The Bertz CT molecular complexity index is 1020. The van der Waals surface area contributed by atoms with Crippen molar-refractivity contribution < 1.29 is 18.7 Å². The summed E-state index contributed by atoms with van der Waals surface area (Å²) in [6, 6.07) is 13.1. The van der Waals surface area contributed by atoms with Gasteiger partial charge in [-0.3, -0.25) is 0 Å². The maximum atomic E-state index is 12.2. The average molecular weight is 322 g/mol. The molecule has 0 N–H and O–H groups in total. The third-order valence-electron chi connectivity index (χ3n) is 4.02. The molecule has 120 valence electrons. The van der Waals surface area contributed by atoms with Crippen molar-refractivity contribution in [1.82, 2.24) is 0 Å². The lowest BCUT2D eigenvalue weighted by molar-refractivity contribution is 0.0521. The monoisotopic (exact) mass is 322 g/mol. The SMILES string of the molecule is CCOC(=O)c1cc2c(oc1=O)-c1c(ccc3ccccc13)OC2. The van der Waals surface area contributed by atoms with E-state index in [1.54, 1.807) is 6.92 Å². The second-order valence-corrected chi connectivity index (χ2v) is 5.47. The molecule has 0 spiro atoms. The fourth-order valence-electron chi connectivity index (χ4n) is 2.94. The molecule has 0 saturated carbocycles. The van der Waals surface area contributed by atoms with Gasteiger partial charge in [-0.15, -0.1) is 0 Å². The molecule has 4 rings (SSSR count). The standard InChI is InChI=1S/C19H14O5/c1-2-22-18(20)14-9-12-10-23-15-8-7-11-5-3-4-6-13(11)16(15)17(12)24-19(14)21/h3-9H,2,10H2,1H3. The van der Waals surface area contributed by atoms with E-state index in [1.165, 1.54) is 6.07 Å². The van der Waals surface area contributed by atoms with Crippen molar-refractivity contribution >= 4 is 16.7 Å². The van der Waals surface area contributed by atoms with Crippen LogP contribution in [0.4, 0.5) is 0 Å². The summed E-state index contributed by atoms with van der Waals surface area (Å²) in [5, 5.41) is 1.95. The summed E-state index contributed by atoms with van der Waals surface area (Å²) in [5.41, 5.74) is 0.583. The van der Waals surface area contributed by atoms with Gasteiger partial charge in [0.05, 0.1) is 12.2 Å². The van der Waals surface area contributed by atoms with Crippen LogP contribution in [0.5, 0.6) is 5.75 Å². The number of hydrogen-bond donors (Lipinski definition) is 0. The molecule has 1 aromatic heterocycles. The second-order valence-electron chi connectivity index (χ2n) is 5.47. The van der Waals surface area contributed by atoms with Crippen molar-refractivity contribution in [3.8, 4) is 17.1 Å². The van der Waals surface area contributed by atoms with E-state index in [9.17, 15) is 9.59 Å². The zero-order valence-electron chi connectivity index (χ0n) is 13.0. The summed E-state index contributed by atoms with van der Waals surface area (Å²) in [6.45, 7) is 2.11. The quantitative estimate of drug-likeness (QED) is 0.675. The molecule has 24 heavy (non-hydrogen) atoms. The molecule has 0 aliphatic carbocycles. The number of esters is 1. The van der Waals surface area contributed by atoms with E-state index < -0.39 is 11.6 Å². The van der Waals surface area contributed by atoms with Crippen molar-refractivity contribution in [3.63, 3.8) is 0 Å². The Labute approximate surface area is 137 Å². The maximum Gasteiger partial charge on any atom is 0.351 e. The molecule has 0 fully saturated rings. The summed E-state index contributed by atoms with van der Waals surface area (Å²) in [7, 11) is 0. The van der Waals surface area contributed by atoms with Crippen LogP contribution in [0.1, 0.15) is 22.8 Å². The van der Waals surface area contributed by atoms with Gasteiger partial charge in [0.15, 0.2) is 0 Å². The maximum absolute atomic E-state index is 12.2. The zero-order chi connectivity index (χ0) is 16.7. The number of hydrogen-bond acceptors (Lipinski definition) is 5. The van der Waals surface area contributed by atoms with Gasteiger partial charge in [0.2, 0.25) is 0 Å². The van der Waals surface area contributed by atoms with E-state index in [2.05, 4.69) is 0 Å². The molecule has 0 amide bonds. The third-order valence-corrected chi connectivity index (χ3v) is 4.02. The van der Waals surface area contributed by atoms with Gasteiger partial charge in [-0.1, -0.05) is 30.3 Å². The number of carbonyl (C=O) groups excluding carboxylic acids is 1. The predicted molar refractivity (Wildman–Crippen MR) is 88.2 cm³/mol. The van der Waals surface area contributed by atoms with Gasteiger partial charge < -0.3 is 13.9 Å². The van der Waals surface area contributed by atoms with Crippen LogP contribution < -0.4 is 10.4 Å². The van der Waals surface area contributed by atoms with Crippen LogP contribution >= 0.6 is 0 Å². The van der Waals surface area contributed by atoms with Crippen LogP contribution in [-0.2, 0) is 11.3 Å². The van der Waals surface area contributed by atoms with Crippen molar-refractivity contribution in [2.45, 2.75) is 13.5 Å². The predicted octanol–water partition coefficient (Wildman–Crippen LogP) is 3.53. The normalized spacial score (nSPS) is 12.2. The number of ether oxygens (including phenoxy) is 2. The second kappa shape index (κ2) is 5.53. The zero-order valence-corrected chi connectivity index (χ0v) is 13.0. The van der Waals surface area contributed by atoms with Gasteiger partial charge in [-0.25, -0.2) is 9.59 Å². The third kappa shape index (κ3) is 2.17. The summed E-state index contributed by atoms with van der Waals surface area (Å²) >= 11 is 0. The van der Waals surface area contributed by atoms with Gasteiger partial charge in [0.1, 0.15) is 23.7 Å². The Kier molecular flexibility index (Phi) is 3.34. The lowest BCUT2D eigenvalue weighted by Crippen LogP contribution is -2.19. The van der Waals surface area contributed by atoms with Gasteiger partial charge >= 0.3 is 11.6 Å². The molecular weight excluding hydrogens is 308 g/mol. The summed E-state index contributed by atoms with van der Waals surface area (Å²) < 4.78 is 16.2. The summed E-state index contributed by atoms with van der Waals surface area (Å²) in [6.07, 6.45) is 0. The topological polar surface area (TPSA) is 65.7 Å². The summed E-state index contributed by atoms with van der Waals surface area (Å²) in [4.78, 5) is 24.1. The minimum absolute atomic E-state index is 0.108. The average Bonchev–Trinajstić information content (AvgIpc) is 2.60. The van der Waals surface area contributed by atoms with Gasteiger partial charge in [-0.2, -0.15) is 0 Å². The lowest BCUT2D eigenvalue weighted by Gasteiger charge is -2.21. The smallest absolute Gasteiger partial charge is 0.351 e. The molecule has 0 atom stereocenters. The minimum atomic E-state index is -0.701. The summed E-state index contributed by atoms with van der Waals surface area (Å²) in [5.74, 6) is 0.428. The van der Waals surface area contributed by atoms with Gasteiger partial charge in [-0.05, 0) is 29.8 Å². The first-order valence-corrected chi connectivity index (χ1v) is 7.68. The fraction of sp³-hybridized carbons (Fsp3) is 0.158. The van der Waals surface area contributed by atoms with Crippen molar-refractivity contribution in [2.75, 3.05) is 6.61 Å². The minimum Gasteiger partial charge on any atom is -0.488 e. The van der Waals surface area contributed by atoms with E-state index in [1.807, 2.05) is 36.4 Å².